The number of nitrogens with one attached hydrogen (secondary N) is 1. The molecule has 1 heterocycles. The Morgan fingerprint density at radius 1 is 1.35 bits per heavy atom. The number of aryl methyl sites for hydroxylation is 2. The van der Waals surface area contributed by atoms with Gasteiger partial charge in [-0.1, -0.05) is 20.8 Å². The smallest absolute Gasteiger partial charge is 0.108 e. The average Bonchev–Trinajstić information content (AvgIpc) is 2.71. The van der Waals surface area contributed by atoms with Gasteiger partial charge < -0.3 is 9.88 Å². The van der Waals surface area contributed by atoms with E-state index in [0.717, 1.165) is 32.0 Å². The van der Waals surface area contributed by atoms with E-state index in [-0.39, 0.29) is 0 Å². The molecule has 0 bridgehead atoms. The minimum Gasteiger partial charge on any atom is -0.335 e. The Balaban J connectivity index is 2.11. The van der Waals surface area contributed by atoms with Crippen molar-refractivity contribution < 1.29 is 0 Å². The second-order valence-corrected chi connectivity index (χ2v) is 5.09. The molecule has 0 atom stereocenters. The van der Waals surface area contributed by atoms with E-state index in [1.165, 1.54) is 25.1 Å². The van der Waals surface area contributed by atoms with Crippen LogP contribution in [0.2, 0.25) is 0 Å². The zero-order valence-corrected chi connectivity index (χ0v) is 11.6. The second kappa shape index (κ2) is 8.29. The van der Waals surface area contributed by atoms with Crippen LogP contribution < -0.4 is 5.32 Å². The molecule has 1 aromatic rings. The lowest BCUT2D eigenvalue weighted by Crippen LogP contribution is -2.21. The lowest BCUT2D eigenvalue weighted by Gasteiger charge is -2.09. The number of hydrogen-bond acceptors (Lipinski definition) is 2. The minimum absolute atomic E-state index is 0.750. The van der Waals surface area contributed by atoms with Gasteiger partial charge in [-0.05, 0) is 38.3 Å². The van der Waals surface area contributed by atoms with Crippen LogP contribution in [0.5, 0.6) is 0 Å². The molecule has 0 saturated carbocycles. The molecule has 17 heavy (non-hydrogen) atoms. The van der Waals surface area contributed by atoms with Gasteiger partial charge in [-0.2, -0.15) is 0 Å². The Kier molecular flexibility index (Phi) is 6.94. The fourth-order valence-electron chi connectivity index (χ4n) is 1.92. The quantitative estimate of drug-likeness (QED) is 0.669. The number of rotatable bonds is 9. The summed E-state index contributed by atoms with van der Waals surface area (Å²) < 4.78 is 2.30. The molecule has 0 fully saturated rings. The topological polar surface area (TPSA) is 29.9 Å². The van der Waals surface area contributed by atoms with E-state index in [0.29, 0.717) is 0 Å². The van der Waals surface area contributed by atoms with Gasteiger partial charge in [0.05, 0.1) is 0 Å². The molecule has 3 nitrogen and oxygen atoms in total. The summed E-state index contributed by atoms with van der Waals surface area (Å²) in [5, 5.41) is 3.48. The van der Waals surface area contributed by atoms with Crippen LogP contribution in [0, 0.1) is 5.92 Å². The molecule has 0 amide bonds. The van der Waals surface area contributed by atoms with Gasteiger partial charge in [-0.15, -0.1) is 0 Å². The summed E-state index contributed by atoms with van der Waals surface area (Å²) in [7, 11) is 0. The molecule has 0 unspecified atom stereocenters. The van der Waals surface area contributed by atoms with Crippen LogP contribution in [0.15, 0.2) is 12.4 Å². The van der Waals surface area contributed by atoms with Crippen molar-refractivity contribution in [1.29, 1.82) is 0 Å². The Morgan fingerprint density at radius 3 is 2.88 bits per heavy atom. The summed E-state index contributed by atoms with van der Waals surface area (Å²) in [5.41, 5.74) is 0. The highest BCUT2D eigenvalue weighted by Crippen LogP contribution is 2.03. The van der Waals surface area contributed by atoms with Gasteiger partial charge in [0.1, 0.15) is 5.82 Å². The van der Waals surface area contributed by atoms with Gasteiger partial charge in [-0.3, -0.25) is 0 Å². The van der Waals surface area contributed by atoms with Crippen molar-refractivity contribution >= 4 is 0 Å². The Hall–Kier alpha value is -0.830. The van der Waals surface area contributed by atoms with Crippen LogP contribution >= 0.6 is 0 Å². The van der Waals surface area contributed by atoms with Gasteiger partial charge >= 0.3 is 0 Å². The van der Waals surface area contributed by atoms with E-state index < -0.39 is 0 Å². The first-order valence-corrected chi connectivity index (χ1v) is 6.94. The van der Waals surface area contributed by atoms with Gasteiger partial charge in [0.2, 0.25) is 0 Å². The van der Waals surface area contributed by atoms with E-state index in [1.54, 1.807) is 0 Å². The second-order valence-electron chi connectivity index (χ2n) is 5.09. The summed E-state index contributed by atoms with van der Waals surface area (Å²) >= 11 is 0. The Bertz CT molecular complexity index is 291. The zero-order valence-electron chi connectivity index (χ0n) is 11.6. The zero-order chi connectivity index (χ0) is 12.5. The largest absolute Gasteiger partial charge is 0.335 e. The fourth-order valence-corrected chi connectivity index (χ4v) is 1.92. The molecular formula is C14H27N3. The predicted octanol–water partition coefficient (Wildman–Crippen LogP) is 2.86. The third-order valence-corrected chi connectivity index (χ3v) is 2.83. The fraction of sp³-hybridized carbons (Fsp3) is 0.786. The van der Waals surface area contributed by atoms with E-state index in [1.807, 2.05) is 6.20 Å². The summed E-state index contributed by atoms with van der Waals surface area (Å²) in [6.45, 7) is 10.1. The lowest BCUT2D eigenvalue weighted by molar-refractivity contribution is 0.514. The Labute approximate surface area is 106 Å². The molecule has 1 rings (SSSR count). The van der Waals surface area contributed by atoms with E-state index in [2.05, 4.69) is 41.8 Å². The molecule has 0 spiro atoms. The third-order valence-electron chi connectivity index (χ3n) is 2.83. The van der Waals surface area contributed by atoms with Crippen molar-refractivity contribution in [1.82, 2.24) is 14.9 Å². The number of aromatic nitrogens is 2. The first kappa shape index (κ1) is 14.2. The van der Waals surface area contributed by atoms with Crippen molar-refractivity contribution in [2.45, 2.75) is 53.0 Å². The standard InChI is InChI=1S/C14H27N3/c1-4-7-14-16-9-11-17(14)10-6-5-8-15-12-13(2)3/h9,11,13,15H,4-8,10,12H2,1-3H3. The van der Waals surface area contributed by atoms with Crippen molar-refractivity contribution in [2.75, 3.05) is 13.1 Å². The summed E-state index contributed by atoms with van der Waals surface area (Å²) in [4.78, 5) is 4.39. The summed E-state index contributed by atoms with van der Waals surface area (Å²) in [6, 6.07) is 0. The molecule has 98 valence electrons. The first-order chi connectivity index (χ1) is 8.24. The molecule has 0 saturated heterocycles. The van der Waals surface area contributed by atoms with Crippen LogP contribution in [0.25, 0.3) is 0 Å². The molecule has 0 aliphatic carbocycles. The minimum atomic E-state index is 0.750. The highest BCUT2D eigenvalue weighted by atomic mass is 15.1. The summed E-state index contributed by atoms with van der Waals surface area (Å²) in [5.74, 6) is 1.99. The van der Waals surface area contributed by atoms with Crippen LogP contribution in [-0.2, 0) is 13.0 Å². The molecule has 0 radical (unpaired) electrons. The number of nitrogens with zero attached hydrogens (tertiary/aromatic N) is 2. The molecule has 0 aromatic carbocycles. The van der Waals surface area contributed by atoms with Gasteiger partial charge in [0.15, 0.2) is 0 Å². The van der Waals surface area contributed by atoms with Crippen molar-refractivity contribution in [3.63, 3.8) is 0 Å². The average molecular weight is 237 g/mol. The normalized spacial score (nSPS) is 11.3. The molecule has 3 heteroatoms. The maximum atomic E-state index is 4.39. The van der Waals surface area contributed by atoms with E-state index in [9.17, 15) is 0 Å². The van der Waals surface area contributed by atoms with Gasteiger partial charge in [0, 0.05) is 25.4 Å². The highest BCUT2D eigenvalue weighted by Gasteiger charge is 2.00. The molecular weight excluding hydrogens is 210 g/mol. The molecule has 0 aliphatic rings. The van der Waals surface area contributed by atoms with Crippen molar-refractivity contribution in [3.8, 4) is 0 Å². The maximum Gasteiger partial charge on any atom is 0.108 e. The first-order valence-electron chi connectivity index (χ1n) is 6.94. The molecule has 0 aliphatic heterocycles. The maximum absolute atomic E-state index is 4.39. The molecule has 1 aromatic heterocycles. The number of unbranched alkanes of at least 4 members (excludes halogenated alkanes) is 1. The van der Waals surface area contributed by atoms with Gasteiger partial charge in [0.25, 0.3) is 0 Å². The van der Waals surface area contributed by atoms with E-state index in [4.69, 9.17) is 0 Å². The van der Waals surface area contributed by atoms with Crippen molar-refractivity contribution in [2.24, 2.45) is 5.92 Å². The van der Waals surface area contributed by atoms with E-state index >= 15 is 0 Å². The predicted molar refractivity (Wildman–Crippen MR) is 73.2 cm³/mol. The van der Waals surface area contributed by atoms with Crippen LogP contribution in [0.3, 0.4) is 0 Å². The SMILES string of the molecule is CCCc1nccn1CCCCNCC(C)C. The monoisotopic (exact) mass is 237 g/mol. The van der Waals surface area contributed by atoms with Crippen molar-refractivity contribution in [3.05, 3.63) is 18.2 Å². The molecule has 1 N–H and O–H groups in total. The summed E-state index contributed by atoms with van der Waals surface area (Å²) in [6.07, 6.45) is 8.77. The number of imidazole rings is 1. The third kappa shape index (κ3) is 5.87. The van der Waals surface area contributed by atoms with Crippen LogP contribution in [0.1, 0.15) is 45.9 Å². The van der Waals surface area contributed by atoms with Crippen LogP contribution in [-0.4, -0.2) is 22.6 Å². The number of hydrogen-bond donors (Lipinski definition) is 1. The van der Waals surface area contributed by atoms with Gasteiger partial charge in [-0.25, -0.2) is 4.98 Å². The lowest BCUT2D eigenvalue weighted by atomic mass is 10.2. The highest BCUT2D eigenvalue weighted by molar-refractivity contribution is 4.92. The van der Waals surface area contributed by atoms with Crippen LogP contribution in [0.4, 0.5) is 0 Å². The Morgan fingerprint density at radius 2 is 2.18 bits per heavy atom.